The molecule has 0 aliphatic carbocycles. The second kappa shape index (κ2) is 10.3. The van der Waals surface area contributed by atoms with E-state index in [0.717, 1.165) is 0 Å². The van der Waals surface area contributed by atoms with Crippen molar-refractivity contribution in [3.8, 4) is 0 Å². The van der Waals surface area contributed by atoms with Crippen molar-refractivity contribution in [2.45, 2.75) is 65.2 Å². The summed E-state index contributed by atoms with van der Waals surface area (Å²) >= 11 is 0. The van der Waals surface area contributed by atoms with Crippen LogP contribution in [0.4, 0.5) is 0 Å². The van der Waals surface area contributed by atoms with Crippen LogP contribution in [-0.2, 0) is 0 Å². The first-order valence-electron chi connectivity index (χ1n) is 5.74. The zero-order chi connectivity index (χ0) is 9.94. The first-order chi connectivity index (χ1) is 6.35. The molecular formula is C12H25P. The summed E-state index contributed by atoms with van der Waals surface area (Å²) in [5.74, 6) is 2.24. The summed E-state index contributed by atoms with van der Waals surface area (Å²) in [5, 5.41) is 0. The van der Waals surface area contributed by atoms with Crippen molar-refractivity contribution >= 4 is 9.24 Å². The molecule has 0 heterocycles. The van der Waals surface area contributed by atoms with Gasteiger partial charge in [0, 0.05) is 0 Å². The largest absolute Gasteiger partial charge is 0.114 e. The molecule has 0 aromatic carbocycles. The maximum atomic E-state index is 2.75. The first-order valence-corrected chi connectivity index (χ1v) is 6.41. The molecular weight excluding hydrogens is 175 g/mol. The van der Waals surface area contributed by atoms with Gasteiger partial charge in [0.25, 0.3) is 0 Å². The van der Waals surface area contributed by atoms with Gasteiger partial charge in [-0.05, 0) is 25.7 Å². The van der Waals surface area contributed by atoms with Gasteiger partial charge in [-0.15, -0.1) is 9.24 Å². The highest BCUT2D eigenvalue weighted by atomic mass is 31.0. The molecule has 0 saturated carbocycles. The SMILES string of the molecule is CCCCCC(=CP)CCCCC. The Labute approximate surface area is 86.4 Å². The standard InChI is InChI=1S/C12H25P/c1-3-5-7-9-12(11-13)10-8-6-4-2/h11H,3-10,13H2,1-2H3. The number of unbranched alkanes of at least 4 members (excludes halogenated alkanes) is 4. The highest BCUT2D eigenvalue weighted by Crippen LogP contribution is 2.17. The monoisotopic (exact) mass is 200 g/mol. The van der Waals surface area contributed by atoms with Gasteiger partial charge >= 0.3 is 0 Å². The third kappa shape index (κ3) is 8.50. The van der Waals surface area contributed by atoms with Crippen molar-refractivity contribution in [3.05, 3.63) is 11.4 Å². The topological polar surface area (TPSA) is 0 Å². The van der Waals surface area contributed by atoms with Gasteiger partial charge < -0.3 is 0 Å². The van der Waals surface area contributed by atoms with E-state index in [1.54, 1.807) is 5.57 Å². The van der Waals surface area contributed by atoms with E-state index in [4.69, 9.17) is 0 Å². The smallest absolute Gasteiger partial charge is 0.0317 e. The van der Waals surface area contributed by atoms with Gasteiger partial charge in [0.1, 0.15) is 0 Å². The number of rotatable bonds is 8. The van der Waals surface area contributed by atoms with E-state index >= 15 is 0 Å². The number of hydrogen-bond donors (Lipinski definition) is 0. The van der Waals surface area contributed by atoms with E-state index in [9.17, 15) is 0 Å². The molecule has 0 fully saturated rings. The van der Waals surface area contributed by atoms with E-state index in [2.05, 4.69) is 28.9 Å². The molecule has 0 N–H and O–H groups in total. The lowest BCUT2D eigenvalue weighted by Crippen LogP contribution is -1.85. The van der Waals surface area contributed by atoms with Crippen LogP contribution in [0.1, 0.15) is 65.2 Å². The molecule has 0 aromatic heterocycles. The minimum absolute atomic E-state index is 1.32. The van der Waals surface area contributed by atoms with E-state index in [0.29, 0.717) is 0 Å². The minimum atomic E-state index is 1.32. The predicted molar refractivity (Wildman–Crippen MR) is 66.1 cm³/mol. The Kier molecular flexibility index (Phi) is 10.4. The molecule has 0 amide bonds. The average molecular weight is 200 g/mol. The van der Waals surface area contributed by atoms with Crippen LogP contribution in [-0.4, -0.2) is 0 Å². The van der Waals surface area contributed by atoms with Crippen LogP contribution in [0.5, 0.6) is 0 Å². The summed E-state index contributed by atoms with van der Waals surface area (Å²) < 4.78 is 0. The Morgan fingerprint density at radius 2 is 1.38 bits per heavy atom. The first kappa shape index (κ1) is 13.2. The molecule has 0 rings (SSSR count). The zero-order valence-corrected chi connectivity index (χ0v) is 10.5. The van der Waals surface area contributed by atoms with E-state index in [1.807, 2.05) is 0 Å². The van der Waals surface area contributed by atoms with Crippen molar-refractivity contribution in [2.75, 3.05) is 0 Å². The maximum Gasteiger partial charge on any atom is -0.0317 e. The highest BCUT2D eigenvalue weighted by Gasteiger charge is 1.96. The summed E-state index contributed by atoms with van der Waals surface area (Å²) in [6, 6.07) is 0. The lowest BCUT2D eigenvalue weighted by molar-refractivity contribution is 0.660. The van der Waals surface area contributed by atoms with Gasteiger partial charge in [-0.2, -0.15) is 0 Å². The number of hydrogen-bond acceptors (Lipinski definition) is 0. The molecule has 1 atom stereocenters. The van der Waals surface area contributed by atoms with Crippen LogP contribution in [0.2, 0.25) is 0 Å². The summed E-state index contributed by atoms with van der Waals surface area (Å²) in [4.78, 5) is 0. The van der Waals surface area contributed by atoms with Crippen LogP contribution in [0, 0.1) is 0 Å². The molecule has 0 spiro atoms. The average Bonchev–Trinajstić information content (AvgIpc) is 2.16. The van der Waals surface area contributed by atoms with Crippen LogP contribution in [0.15, 0.2) is 11.4 Å². The van der Waals surface area contributed by atoms with Crippen LogP contribution in [0.3, 0.4) is 0 Å². The summed E-state index contributed by atoms with van der Waals surface area (Å²) in [6.07, 6.45) is 10.8. The normalized spacial score (nSPS) is 10.1. The molecule has 0 aliphatic rings. The van der Waals surface area contributed by atoms with Gasteiger partial charge in [0.05, 0.1) is 0 Å². The Hall–Kier alpha value is 0.170. The third-order valence-corrected chi connectivity index (χ3v) is 2.91. The molecule has 0 aromatic rings. The second-order valence-corrected chi connectivity index (χ2v) is 4.07. The molecule has 13 heavy (non-hydrogen) atoms. The lowest BCUT2D eigenvalue weighted by atomic mass is 10.0. The van der Waals surface area contributed by atoms with Gasteiger partial charge in [-0.1, -0.05) is 50.9 Å². The highest BCUT2D eigenvalue weighted by molar-refractivity contribution is 7.20. The van der Waals surface area contributed by atoms with Crippen LogP contribution < -0.4 is 0 Å². The minimum Gasteiger partial charge on any atom is -0.114 e. The molecule has 78 valence electrons. The Balaban J connectivity index is 3.41. The van der Waals surface area contributed by atoms with Gasteiger partial charge in [-0.25, -0.2) is 0 Å². The predicted octanol–water partition coefficient (Wildman–Crippen LogP) is 4.91. The number of allylic oxidation sites excluding steroid dienone is 1. The van der Waals surface area contributed by atoms with Crippen molar-refractivity contribution < 1.29 is 0 Å². The molecule has 0 aliphatic heterocycles. The Morgan fingerprint density at radius 1 is 0.923 bits per heavy atom. The molecule has 1 unspecified atom stereocenters. The fraction of sp³-hybridized carbons (Fsp3) is 0.833. The molecule has 0 saturated heterocycles. The Morgan fingerprint density at radius 3 is 1.69 bits per heavy atom. The lowest BCUT2D eigenvalue weighted by Gasteiger charge is -2.05. The van der Waals surface area contributed by atoms with Crippen molar-refractivity contribution in [1.29, 1.82) is 0 Å². The Bertz CT molecular complexity index is 115. The van der Waals surface area contributed by atoms with Gasteiger partial charge in [0.2, 0.25) is 0 Å². The van der Waals surface area contributed by atoms with Crippen molar-refractivity contribution in [3.63, 3.8) is 0 Å². The molecule has 0 nitrogen and oxygen atoms in total. The molecule has 0 radical (unpaired) electrons. The van der Waals surface area contributed by atoms with Gasteiger partial charge in [0.15, 0.2) is 0 Å². The van der Waals surface area contributed by atoms with Crippen LogP contribution in [0.25, 0.3) is 0 Å². The summed E-state index contributed by atoms with van der Waals surface area (Å²) in [6.45, 7) is 4.53. The third-order valence-electron chi connectivity index (χ3n) is 2.44. The van der Waals surface area contributed by atoms with Crippen LogP contribution >= 0.6 is 9.24 Å². The molecule has 0 bridgehead atoms. The van der Waals surface area contributed by atoms with Crippen molar-refractivity contribution in [1.82, 2.24) is 0 Å². The summed E-state index contributed by atoms with van der Waals surface area (Å²) in [5.41, 5.74) is 1.65. The fourth-order valence-electron chi connectivity index (χ4n) is 1.50. The molecule has 1 heteroatoms. The fourth-order valence-corrected chi connectivity index (χ4v) is 1.83. The quantitative estimate of drug-likeness (QED) is 0.386. The van der Waals surface area contributed by atoms with Gasteiger partial charge in [-0.3, -0.25) is 0 Å². The van der Waals surface area contributed by atoms with E-state index < -0.39 is 0 Å². The zero-order valence-electron chi connectivity index (χ0n) is 9.31. The van der Waals surface area contributed by atoms with E-state index in [1.165, 1.54) is 51.4 Å². The van der Waals surface area contributed by atoms with Crippen molar-refractivity contribution in [2.24, 2.45) is 0 Å². The summed E-state index contributed by atoms with van der Waals surface area (Å²) in [7, 11) is 2.75. The second-order valence-electron chi connectivity index (χ2n) is 3.74. The van der Waals surface area contributed by atoms with E-state index in [-0.39, 0.29) is 0 Å². The maximum absolute atomic E-state index is 2.75.